The number of halogens is 1. The van der Waals surface area contributed by atoms with Crippen LogP contribution in [0.4, 0.5) is 10.1 Å². The number of Topliss-reactive ketones (excluding diaryl/α,β-unsaturated/α-hetero) is 1. The van der Waals surface area contributed by atoms with Crippen molar-refractivity contribution in [3.05, 3.63) is 34.1 Å². The molecular formula is C12H12FNO5. The van der Waals surface area contributed by atoms with E-state index in [1.54, 1.807) is 0 Å². The Labute approximate surface area is 108 Å². The number of para-hydroxylation sites is 1. The lowest BCUT2D eigenvalue weighted by molar-refractivity contribution is -0.386. The molecule has 1 aliphatic heterocycles. The van der Waals surface area contributed by atoms with Gasteiger partial charge in [-0.3, -0.25) is 14.9 Å². The molecule has 1 aromatic carbocycles. The summed E-state index contributed by atoms with van der Waals surface area (Å²) in [7, 11) is 0. The maximum absolute atomic E-state index is 13.5. The predicted octanol–water partition coefficient (Wildman–Crippen LogP) is 1.72. The molecule has 1 fully saturated rings. The number of hydrogen-bond acceptors (Lipinski definition) is 5. The van der Waals surface area contributed by atoms with E-state index in [-0.39, 0.29) is 11.7 Å². The van der Waals surface area contributed by atoms with Gasteiger partial charge in [0, 0.05) is 18.6 Å². The lowest BCUT2D eigenvalue weighted by Crippen LogP contribution is -2.22. The van der Waals surface area contributed by atoms with Gasteiger partial charge in [0.15, 0.2) is 11.6 Å². The molecule has 0 saturated carbocycles. The molecule has 1 aromatic rings. The van der Waals surface area contributed by atoms with Crippen LogP contribution in [0, 0.1) is 21.8 Å². The van der Waals surface area contributed by atoms with Crippen LogP contribution in [0.2, 0.25) is 0 Å². The molecule has 6 nitrogen and oxygen atoms in total. The molecular weight excluding hydrogens is 257 g/mol. The van der Waals surface area contributed by atoms with Crippen molar-refractivity contribution in [2.75, 3.05) is 19.8 Å². The third-order valence-corrected chi connectivity index (χ3v) is 2.89. The fourth-order valence-electron chi connectivity index (χ4n) is 1.83. The van der Waals surface area contributed by atoms with Gasteiger partial charge in [0.2, 0.25) is 5.75 Å². The molecule has 19 heavy (non-hydrogen) atoms. The Morgan fingerprint density at radius 2 is 2.37 bits per heavy atom. The van der Waals surface area contributed by atoms with Gasteiger partial charge in [-0.25, -0.2) is 4.39 Å². The van der Waals surface area contributed by atoms with E-state index in [0.717, 1.165) is 12.1 Å². The number of carbonyl (C=O) groups is 1. The highest BCUT2D eigenvalue weighted by Crippen LogP contribution is 2.29. The number of ether oxygens (including phenoxy) is 2. The van der Waals surface area contributed by atoms with Crippen LogP contribution in [0.15, 0.2) is 18.2 Å². The fraction of sp³-hybridized carbons (Fsp3) is 0.417. The lowest BCUT2D eigenvalue weighted by Gasteiger charge is -2.09. The van der Waals surface area contributed by atoms with Crippen molar-refractivity contribution in [2.45, 2.75) is 6.42 Å². The first-order chi connectivity index (χ1) is 9.09. The van der Waals surface area contributed by atoms with E-state index in [2.05, 4.69) is 0 Å². The summed E-state index contributed by atoms with van der Waals surface area (Å²) in [6.07, 6.45) is 0.599. The fourth-order valence-corrected chi connectivity index (χ4v) is 1.83. The van der Waals surface area contributed by atoms with Gasteiger partial charge in [-0.05, 0) is 12.5 Å². The number of rotatable bonds is 5. The monoisotopic (exact) mass is 269 g/mol. The summed E-state index contributed by atoms with van der Waals surface area (Å²) in [6.45, 7) is 0.438. The number of nitrogens with zero attached hydrogens (tertiary/aromatic N) is 1. The number of carbonyl (C=O) groups excluding carboxylic acids is 1. The Morgan fingerprint density at radius 3 is 3.00 bits per heavy atom. The van der Waals surface area contributed by atoms with Gasteiger partial charge in [-0.2, -0.15) is 0 Å². The van der Waals surface area contributed by atoms with Gasteiger partial charge in [0.1, 0.15) is 6.61 Å². The first-order valence-electron chi connectivity index (χ1n) is 5.75. The van der Waals surface area contributed by atoms with Crippen LogP contribution in [-0.4, -0.2) is 30.5 Å². The molecule has 0 spiro atoms. The number of benzene rings is 1. The Bertz CT molecular complexity index is 499. The summed E-state index contributed by atoms with van der Waals surface area (Å²) in [4.78, 5) is 21.7. The largest absolute Gasteiger partial charge is 0.477 e. The second kappa shape index (κ2) is 5.75. The van der Waals surface area contributed by atoms with Crippen molar-refractivity contribution in [3.8, 4) is 5.75 Å². The van der Waals surface area contributed by atoms with Gasteiger partial charge in [-0.15, -0.1) is 0 Å². The molecule has 2 rings (SSSR count). The molecule has 1 unspecified atom stereocenters. The highest BCUT2D eigenvalue weighted by Gasteiger charge is 2.26. The van der Waals surface area contributed by atoms with Crippen LogP contribution in [0.25, 0.3) is 0 Å². The third-order valence-electron chi connectivity index (χ3n) is 2.89. The van der Waals surface area contributed by atoms with Crippen molar-refractivity contribution in [2.24, 2.45) is 5.92 Å². The van der Waals surface area contributed by atoms with E-state index in [0.29, 0.717) is 19.6 Å². The summed E-state index contributed by atoms with van der Waals surface area (Å²) in [6, 6.07) is 3.39. The number of nitro benzene ring substituents is 1. The van der Waals surface area contributed by atoms with Gasteiger partial charge in [-0.1, -0.05) is 6.07 Å². The average molecular weight is 269 g/mol. The SMILES string of the molecule is O=C(COc1c(F)cccc1[N+](=O)[O-])C1CCOC1. The maximum atomic E-state index is 13.5. The highest BCUT2D eigenvalue weighted by molar-refractivity contribution is 5.83. The van der Waals surface area contributed by atoms with Crippen molar-refractivity contribution in [1.82, 2.24) is 0 Å². The zero-order chi connectivity index (χ0) is 13.8. The molecule has 0 aliphatic carbocycles. The first-order valence-corrected chi connectivity index (χ1v) is 5.75. The van der Waals surface area contributed by atoms with Crippen LogP contribution in [0.5, 0.6) is 5.75 Å². The minimum Gasteiger partial charge on any atom is -0.477 e. The second-order valence-electron chi connectivity index (χ2n) is 4.16. The quantitative estimate of drug-likeness (QED) is 0.600. The van der Waals surface area contributed by atoms with Gasteiger partial charge in [0.25, 0.3) is 0 Å². The predicted molar refractivity (Wildman–Crippen MR) is 62.5 cm³/mol. The third kappa shape index (κ3) is 3.05. The minimum atomic E-state index is -0.857. The van der Waals surface area contributed by atoms with Crippen molar-refractivity contribution >= 4 is 11.5 Å². The average Bonchev–Trinajstić information content (AvgIpc) is 2.90. The zero-order valence-electron chi connectivity index (χ0n) is 10.0. The first kappa shape index (κ1) is 13.4. The molecule has 0 amide bonds. The maximum Gasteiger partial charge on any atom is 0.314 e. The normalized spacial score (nSPS) is 18.3. The summed E-state index contributed by atoms with van der Waals surface area (Å²) < 4.78 is 23.5. The minimum absolute atomic E-state index is 0.241. The van der Waals surface area contributed by atoms with Gasteiger partial charge in [0.05, 0.1) is 11.5 Å². The van der Waals surface area contributed by atoms with E-state index in [1.807, 2.05) is 0 Å². The van der Waals surface area contributed by atoms with Gasteiger partial charge >= 0.3 is 5.69 Å². The highest BCUT2D eigenvalue weighted by atomic mass is 19.1. The van der Waals surface area contributed by atoms with Crippen LogP contribution >= 0.6 is 0 Å². The number of ketones is 1. The Hall–Kier alpha value is -2.02. The van der Waals surface area contributed by atoms with Crippen molar-refractivity contribution in [3.63, 3.8) is 0 Å². The molecule has 7 heteroatoms. The second-order valence-corrected chi connectivity index (χ2v) is 4.16. The standard InChI is InChI=1S/C12H12FNO5/c13-9-2-1-3-10(14(16)17)12(9)19-7-11(15)8-4-5-18-6-8/h1-3,8H,4-7H2. The summed E-state index contributed by atoms with van der Waals surface area (Å²) >= 11 is 0. The molecule has 0 bridgehead atoms. The van der Waals surface area contributed by atoms with Crippen LogP contribution in [0.1, 0.15) is 6.42 Å². The van der Waals surface area contributed by atoms with E-state index < -0.39 is 28.8 Å². The van der Waals surface area contributed by atoms with E-state index in [1.165, 1.54) is 6.07 Å². The molecule has 102 valence electrons. The molecule has 0 aromatic heterocycles. The van der Waals surface area contributed by atoms with Crippen LogP contribution in [-0.2, 0) is 9.53 Å². The Kier molecular flexibility index (Phi) is 4.06. The van der Waals surface area contributed by atoms with Crippen molar-refractivity contribution in [1.29, 1.82) is 0 Å². The summed E-state index contributed by atoms with van der Waals surface area (Å²) in [5, 5.41) is 10.7. The molecule has 0 N–H and O–H groups in total. The molecule has 1 saturated heterocycles. The lowest BCUT2D eigenvalue weighted by atomic mass is 10.0. The number of nitro groups is 1. The van der Waals surface area contributed by atoms with E-state index in [9.17, 15) is 19.3 Å². The van der Waals surface area contributed by atoms with Gasteiger partial charge < -0.3 is 9.47 Å². The van der Waals surface area contributed by atoms with Crippen LogP contribution < -0.4 is 4.74 Å². The molecule has 1 aliphatic rings. The smallest absolute Gasteiger partial charge is 0.314 e. The Morgan fingerprint density at radius 1 is 1.58 bits per heavy atom. The van der Waals surface area contributed by atoms with Crippen LogP contribution in [0.3, 0.4) is 0 Å². The topological polar surface area (TPSA) is 78.7 Å². The molecule has 1 heterocycles. The molecule has 0 radical (unpaired) electrons. The van der Waals surface area contributed by atoms with E-state index in [4.69, 9.17) is 9.47 Å². The van der Waals surface area contributed by atoms with E-state index >= 15 is 0 Å². The number of hydrogen-bond donors (Lipinski definition) is 0. The Balaban J connectivity index is 2.06. The summed E-state index contributed by atoms with van der Waals surface area (Å²) in [5.74, 6) is -1.87. The molecule has 1 atom stereocenters. The summed E-state index contributed by atoms with van der Waals surface area (Å²) in [5.41, 5.74) is -0.490. The zero-order valence-corrected chi connectivity index (χ0v) is 10.0. The van der Waals surface area contributed by atoms with Crippen molar-refractivity contribution < 1.29 is 23.6 Å².